The quantitative estimate of drug-likeness (QED) is 0.738. The van der Waals surface area contributed by atoms with Gasteiger partial charge in [0.1, 0.15) is 5.75 Å². The van der Waals surface area contributed by atoms with Gasteiger partial charge >= 0.3 is 5.97 Å². The van der Waals surface area contributed by atoms with Crippen LogP contribution in [-0.2, 0) is 22.6 Å². The van der Waals surface area contributed by atoms with Crippen molar-refractivity contribution in [2.75, 3.05) is 13.2 Å². The van der Waals surface area contributed by atoms with Crippen LogP contribution in [0.2, 0.25) is 0 Å². The van der Waals surface area contributed by atoms with Crippen LogP contribution < -0.4 is 10.1 Å². The van der Waals surface area contributed by atoms with E-state index in [1.54, 1.807) is 24.3 Å². The third-order valence-corrected chi connectivity index (χ3v) is 3.21. The zero-order chi connectivity index (χ0) is 16.5. The molecule has 0 spiro atoms. The molecule has 0 atom stereocenters. The lowest BCUT2D eigenvalue weighted by Crippen LogP contribution is -2.28. The highest BCUT2D eigenvalue weighted by Gasteiger charge is 2.04. The van der Waals surface area contributed by atoms with E-state index >= 15 is 0 Å². The fraction of sp³-hybridized carbons (Fsp3) is 0.294. The van der Waals surface area contributed by atoms with Crippen molar-refractivity contribution in [2.24, 2.45) is 0 Å². The predicted molar refractivity (Wildman–Crippen MR) is 85.3 cm³/mol. The number of aliphatic carboxylic acids is 1. The number of hydrogen-bond donors (Lipinski definition) is 2. The molecule has 122 valence electrons. The first-order chi connectivity index (χ1) is 11.1. The number of rotatable bonds is 9. The maximum atomic E-state index is 11.7. The number of ether oxygens (including phenoxy) is 1. The van der Waals surface area contributed by atoms with E-state index in [4.69, 9.17) is 9.84 Å². The molecular formula is C17H20N2O4. The van der Waals surface area contributed by atoms with Gasteiger partial charge in [0, 0.05) is 25.5 Å². The van der Waals surface area contributed by atoms with Gasteiger partial charge in [-0.05, 0) is 29.8 Å². The first-order valence-corrected chi connectivity index (χ1v) is 7.44. The minimum atomic E-state index is -0.885. The van der Waals surface area contributed by atoms with Gasteiger partial charge in [-0.2, -0.15) is 0 Å². The molecule has 23 heavy (non-hydrogen) atoms. The van der Waals surface area contributed by atoms with Gasteiger partial charge in [0.15, 0.2) is 0 Å². The van der Waals surface area contributed by atoms with Gasteiger partial charge in [0.2, 0.25) is 5.91 Å². The first kappa shape index (κ1) is 16.6. The van der Waals surface area contributed by atoms with Crippen molar-refractivity contribution in [2.45, 2.75) is 19.4 Å². The number of aromatic nitrogens is 1. The Labute approximate surface area is 134 Å². The summed E-state index contributed by atoms with van der Waals surface area (Å²) in [6.07, 6.45) is 4.10. The molecule has 2 rings (SSSR count). The second-order valence-electron chi connectivity index (χ2n) is 5.09. The van der Waals surface area contributed by atoms with Crippen LogP contribution in [0.15, 0.2) is 48.8 Å². The number of benzene rings is 1. The highest BCUT2D eigenvalue weighted by molar-refractivity contribution is 5.75. The molecule has 1 aromatic carbocycles. The van der Waals surface area contributed by atoms with Gasteiger partial charge in [-0.25, -0.2) is 0 Å². The zero-order valence-electron chi connectivity index (χ0n) is 12.8. The summed E-state index contributed by atoms with van der Waals surface area (Å²) >= 11 is 0. The maximum Gasteiger partial charge on any atom is 0.307 e. The second kappa shape index (κ2) is 8.63. The van der Waals surface area contributed by atoms with Crippen LogP contribution in [0.25, 0.3) is 0 Å². The molecule has 1 heterocycles. The Morgan fingerprint density at radius 2 is 1.96 bits per heavy atom. The van der Waals surface area contributed by atoms with E-state index < -0.39 is 5.97 Å². The van der Waals surface area contributed by atoms with Crippen molar-refractivity contribution in [1.82, 2.24) is 9.88 Å². The van der Waals surface area contributed by atoms with Gasteiger partial charge < -0.3 is 19.7 Å². The lowest BCUT2D eigenvalue weighted by atomic mass is 10.1. The molecule has 0 aliphatic rings. The van der Waals surface area contributed by atoms with Crippen LogP contribution in [-0.4, -0.2) is 34.7 Å². The van der Waals surface area contributed by atoms with Gasteiger partial charge in [0.25, 0.3) is 0 Å². The molecule has 0 aliphatic carbocycles. The lowest BCUT2D eigenvalue weighted by Gasteiger charge is -2.08. The Morgan fingerprint density at radius 3 is 2.70 bits per heavy atom. The predicted octanol–water partition coefficient (Wildman–Crippen LogP) is 1.70. The summed E-state index contributed by atoms with van der Waals surface area (Å²) < 4.78 is 7.48. The van der Waals surface area contributed by atoms with Crippen LogP contribution in [0.4, 0.5) is 0 Å². The summed E-state index contributed by atoms with van der Waals surface area (Å²) in [4.78, 5) is 22.4. The Kier molecular flexibility index (Phi) is 6.23. The van der Waals surface area contributed by atoms with E-state index in [1.165, 1.54) is 0 Å². The van der Waals surface area contributed by atoms with Crippen molar-refractivity contribution in [1.29, 1.82) is 0 Å². The normalized spacial score (nSPS) is 10.3. The molecule has 0 fully saturated rings. The molecule has 6 nitrogen and oxygen atoms in total. The van der Waals surface area contributed by atoms with Crippen molar-refractivity contribution in [3.63, 3.8) is 0 Å². The number of hydrogen-bond acceptors (Lipinski definition) is 3. The number of carbonyl (C=O) groups is 2. The summed E-state index contributed by atoms with van der Waals surface area (Å²) in [6.45, 7) is 1.56. The van der Waals surface area contributed by atoms with Gasteiger partial charge in [-0.15, -0.1) is 0 Å². The smallest absolute Gasteiger partial charge is 0.307 e. The van der Waals surface area contributed by atoms with Crippen LogP contribution in [0.3, 0.4) is 0 Å². The number of nitrogens with zero attached hydrogens (tertiary/aromatic N) is 1. The van der Waals surface area contributed by atoms with E-state index in [9.17, 15) is 9.59 Å². The number of carboxylic acid groups (broad SMARTS) is 1. The minimum Gasteiger partial charge on any atom is -0.493 e. The van der Waals surface area contributed by atoms with Crippen LogP contribution in [0.1, 0.15) is 12.0 Å². The SMILES string of the molecule is O=C(O)Cc1cccc(OCCC(=O)NCCn2cccc2)c1. The van der Waals surface area contributed by atoms with E-state index in [2.05, 4.69) is 5.32 Å². The first-order valence-electron chi connectivity index (χ1n) is 7.44. The molecule has 2 N–H and O–H groups in total. The Bertz CT molecular complexity index is 638. The van der Waals surface area contributed by atoms with Crippen molar-refractivity contribution < 1.29 is 19.4 Å². The minimum absolute atomic E-state index is 0.0446. The molecule has 1 aromatic heterocycles. The average molecular weight is 316 g/mol. The highest BCUT2D eigenvalue weighted by atomic mass is 16.5. The topological polar surface area (TPSA) is 80.6 Å². The molecule has 0 unspecified atom stereocenters. The van der Waals surface area contributed by atoms with Crippen LogP contribution in [0.5, 0.6) is 5.75 Å². The van der Waals surface area contributed by atoms with Gasteiger partial charge in [-0.1, -0.05) is 12.1 Å². The summed E-state index contributed by atoms with van der Waals surface area (Å²) in [5, 5.41) is 11.6. The molecule has 0 saturated heterocycles. The summed E-state index contributed by atoms with van der Waals surface area (Å²) in [7, 11) is 0. The third kappa shape index (κ3) is 6.25. The fourth-order valence-electron chi connectivity index (χ4n) is 2.11. The highest BCUT2D eigenvalue weighted by Crippen LogP contribution is 2.14. The second-order valence-corrected chi connectivity index (χ2v) is 5.09. The molecule has 0 bridgehead atoms. The summed E-state index contributed by atoms with van der Waals surface area (Å²) in [6, 6.07) is 10.8. The van der Waals surface area contributed by atoms with E-state index in [0.717, 1.165) is 6.54 Å². The Hall–Kier alpha value is -2.76. The molecule has 1 amide bonds. The standard InChI is InChI=1S/C17H20N2O4/c20-16(18-7-10-19-8-1-2-9-19)6-11-23-15-5-3-4-14(12-15)13-17(21)22/h1-5,8-9,12H,6-7,10-11,13H2,(H,18,20)(H,21,22). The fourth-order valence-corrected chi connectivity index (χ4v) is 2.11. The number of amides is 1. The summed E-state index contributed by atoms with van der Waals surface area (Å²) in [5.41, 5.74) is 0.672. The lowest BCUT2D eigenvalue weighted by molar-refractivity contribution is -0.136. The maximum absolute atomic E-state index is 11.7. The van der Waals surface area contributed by atoms with Crippen molar-refractivity contribution >= 4 is 11.9 Å². The third-order valence-electron chi connectivity index (χ3n) is 3.21. The van der Waals surface area contributed by atoms with E-state index in [-0.39, 0.29) is 25.4 Å². The number of nitrogens with one attached hydrogen (secondary N) is 1. The Balaban J connectivity index is 1.65. The summed E-state index contributed by atoms with van der Waals surface area (Å²) in [5.74, 6) is -0.382. The van der Waals surface area contributed by atoms with E-state index in [0.29, 0.717) is 17.9 Å². The zero-order valence-corrected chi connectivity index (χ0v) is 12.8. The van der Waals surface area contributed by atoms with Crippen molar-refractivity contribution in [3.8, 4) is 5.75 Å². The molecular weight excluding hydrogens is 296 g/mol. The Morgan fingerprint density at radius 1 is 1.17 bits per heavy atom. The van der Waals surface area contributed by atoms with Crippen molar-refractivity contribution in [3.05, 3.63) is 54.4 Å². The van der Waals surface area contributed by atoms with Gasteiger partial charge in [0.05, 0.1) is 19.4 Å². The number of carboxylic acids is 1. The molecule has 6 heteroatoms. The van der Waals surface area contributed by atoms with Gasteiger partial charge in [-0.3, -0.25) is 9.59 Å². The average Bonchev–Trinajstić information content (AvgIpc) is 3.00. The molecule has 0 saturated carbocycles. The molecule has 2 aromatic rings. The van der Waals surface area contributed by atoms with E-state index in [1.807, 2.05) is 29.1 Å². The number of carbonyl (C=O) groups excluding carboxylic acids is 1. The molecule has 0 aliphatic heterocycles. The van der Waals surface area contributed by atoms with Crippen LogP contribution >= 0.6 is 0 Å². The molecule has 0 radical (unpaired) electrons. The van der Waals surface area contributed by atoms with Crippen LogP contribution in [0, 0.1) is 0 Å². The monoisotopic (exact) mass is 316 g/mol. The largest absolute Gasteiger partial charge is 0.493 e.